The molecule has 0 unspecified atom stereocenters. The Kier molecular flexibility index (Phi) is 6.53. The molecule has 0 bridgehead atoms. The van der Waals surface area contributed by atoms with Gasteiger partial charge in [-0.2, -0.15) is 5.10 Å². The highest BCUT2D eigenvalue weighted by Crippen LogP contribution is 2.39. The number of hydrogen-bond acceptors (Lipinski definition) is 5. The first-order valence-corrected chi connectivity index (χ1v) is 11.4. The molecule has 32 heavy (non-hydrogen) atoms. The molecular weight excluding hydrogens is 437 g/mol. The van der Waals surface area contributed by atoms with Crippen LogP contribution >= 0.6 is 11.6 Å². The summed E-state index contributed by atoms with van der Waals surface area (Å²) in [6, 6.07) is 2.50. The van der Waals surface area contributed by atoms with Crippen molar-refractivity contribution in [2.45, 2.75) is 46.0 Å². The Balaban J connectivity index is 1.87. The summed E-state index contributed by atoms with van der Waals surface area (Å²) in [4.78, 5) is 25.5. The predicted molar refractivity (Wildman–Crippen MR) is 117 cm³/mol. The summed E-state index contributed by atoms with van der Waals surface area (Å²) in [7, 11) is 0. The average Bonchev–Trinajstić information content (AvgIpc) is 3.07. The van der Waals surface area contributed by atoms with Crippen molar-refractivity contribution in [2.24, 2.45) is 5.41 Å². The summed E-state index contributed by atoms with van der Waals surface area (Å²) in [5.74, 6) is -1.46. The minimum Gasteiger partial charge on any atom is -0.462 e. The van der Waals surface area contributed by atoms with Crippen molar-refractivity contribution in [1.29, 1.82) is 0 Å². The van der Waals surface area contributed by atoms with Crippen molar-refractivity contribution in [3.8, 4) is 5.69 Å². The molecule has 3 heterocycles. The van der Waals surface area contributed by atoms with Crippen LogP contribution in [0.2, 0.25) is 5.02 Å². The van der Waals surface area contributed by atoms with Crippen LogP contribution in [0.4, 0.5) is 4.39 Å². The van der Waals surface area contributed by atoms with Gasteiger partial charge in [0.15, 0.2) is 0 Å². The lowest BCUT2D eigenvalue weighted by atomic mass is 9.76. The van der Waals surface area contributed by atoms with Gasteiger partial charge in [-0.3, -0.25) is 4.79 Å². The Labute approximate surface area is 191 Å². The molecule has 0 radical (unpaired) electrons. The summed E-state index contributed by atoms with van der Waals surface area (Å²) in [6.07, 6.45) is 3.23. The fourth-order valence-electron chi connectivity index (χ4n) is 4.46. The molecule has 0 aliphatic carbocycles. The molecule has 1 amide bonds. The number of aromatic nitrogens is 2. The maximum Gasteiger partial charge on any atom is 0.339 e. The number of nitrogens with zero attached hydrogens (tertiary/aromatic N) is 2. The van der Waals surface area contributed by atoms with Crippen molar-refractivity contribution in [3.63, 3.8) is 0 Å². The molecule has 1 aromatic carbocycles. The van der Waals surface area contributed by atoms with E-state index in [4.69, 9.17) is 21.1 Å². The van der Waals surface area contributed by atoms with Gasteiger partial charge < -0.3 is 14.8 Å². The van der Waals surface area contributed by atoms with Gasteiger partial charge >= 0.3 is 5.97 Å². The van der Waals surface area contributed by atoms with Crippen molar-refractivity contribution in [1.82, 2.24) is 15.1 Å². The maximum absolute atomic E-state index is 15.1. The number of amides is 1. The maximum atomic E-state index is 15.1. The molecule has 1 aromatic heterocycles. The molecule has 9 heteroatoms. The third-order valence-electron chi connectivity index (χ3n) is 6.27. The number of ether oxygens (including phenoxy) is 2. The van der Waals surface area contributed by atoms with E-state index in [0.29, 0.717) is 56.0 Å². The number of nitrogens with one attached hydrogen (secondary N) is 1. The van der Waals surface area contributed by atoms with Crippen LogP contribution in [-0.2, 0) is 22.3 Å². The molecule has 4 rings (SSSR count). The zero-order valence-corrected chi connectivity index (χ0v) is 19.1. The summed E-state index contributed by atoms with van der Waals surface area (Å²) in [5, 5.41) is 7.54. The summed E-state index contributed by atoms with van der Waals surface area (Å²) < 4.78 is 27.3. The van der Waals surface area contributed by atoms with E-state index < -0.39 is 11.8 Å². The van der Waals surface area contributed by atoms with E-state index in [1.165, 1.54) is 16.8 Å². The van der Waals surface area contributed by atoms with Crippen LogP contribution in [0.25, 0.3) is 5.69 Å². The first-order chi connectivity index (χ1) is 15.4. The summed E-state index contributed by atoms with van der Waals surface area (Å²) in [6.45, 7) is 5.75. The van der Waals surface area contributed by atoms with E-state index >= 15 is 4.39 Å². The molecule has 172 valence electrons. The first kappa shape index (κ1) is 22.7. The van der Waals surface area contributed by atoms with E-state index in [1.807, 2.05) is 13.8 Å². The fraction of sp³-hybridized carbons (Fsp3) is 0.522. The van der Waals surface area contributed by atoms with Gasteiger partial charge in [0.2, 0.25) is 0 Å². The molecule has 0 saturated carbocycles. The molecule has 0 atom stereocenters. The van der Waals surface area contributed by atoms with Gasteiger partial charge in [0.05, 0.1) is 34.1 Å². The lowest BCUT2D eigenvalue weighted by molar-refractivity contribution is 0.0154. The molecular formula is C23H27ClFN3O4. The summed E-state index contributed by atoms with van der Waals surface area (Å²) >= 11 is 6.55. The van der Waals surface area contributed by atoms with Crippen molar-refractivity contribution in [3.05, 3.63) is 45.5 Å². The standard InChI is InChI=1S/C23H27ClFN3O4/c1-3-9-32-22(30)14-5-6-15(25)20(19(14)24)28-17-12-23(7-10-31-11-8-23)13-26-21(29)18(17)16(4-2)27-28/h5-6H,3-4,7-13H2,1-2H3,(H,26,29). The number of hydrogen-bond donors (Lipinski definition) is 1. The number of halogens is 2. The largest absolute Gasteiger partial charge is 0.462 e. The van der Waals surface area contributed by atoms with Gasteiger partial charge in [-0.15, -0.1) is 0 Å². The van der Waals surface area contributed by atoms with Crippen molar-refractivity contribution >= 4 is 23.5 Å². The highest BCUT2D eigenvalue weighted by atomic mass is 35.5. The summed E-state index contributed by atoms with van der Waals surface area (Å²) in [5.41, 5.74) is 1.46. The Bertz CT molecular complexity index is 1050. The van der Waals surface area contributed by atoms with Gasteiger partial charge in [0.25, 0.3) is 5.91 Å². The topological polar surface area (TPSA) is 82.5 Å². The second kappa shape index (κ2) is 9.19. The number of benzene rings is 1. The molecule has 1 spiro atoms. The van der Waals surface area contributed by atoms with E-state index in [0.717, 1.165) is 12.8 Å². The number of esters is 1. The molecule has 1 fully saturated rings. The molecule has 2 aromatic rings. The number of carbonyl (C=O) groups excluding carboxylic acids is 2. The Morgan fingerprint density at radius 1 is 1.34 bits per heavy atom. The zero-order valence-electron chi connectivity index (χ0n) is 18.3. The lowest BCUT2D eigenvalue weighted by Crippen LogP contribution is -2.40. The van der Waals surface area contributed by atoms with Crippen LogP contribution < -0.4 is 5.32 Å². The van der Waals surface area contributed by atoms with Gasteiger partial charge in [-0.1, -0.05) is 25.4 Å². The highest BCUT2D eigenvalue weighted by Gasteiger charge is 2.40. The predicted octanol–water partition coefficient (Wildman–Crippen LogP) is 3.88. The Hall–Kier alpha value is -2.45. The van der Waals surface area contributed by atoms with Crippen LogP contribution in [0.5, 0.6) is 0 Å². The Morgan fingerprint density at radius 3 is 2.78 bits per heavy atom. The van der Waals surface area contributed by atoms with E-state index in [1.54, 1.807) is 0 Å². The van der Waals surface area contributed by atoms with E-state index in [9.17, 15) is 9.59 Å². The number of rotatable bonds is 5. The van der Waals surface area contributed by atoms with Gasteiger partial charge in [-0.25, -0.2) is 13.9 Å². The molecule has 7 nitrogen and oxygen atoms in total. The molecule has 1 N–H and O–H groups in total. The Morgan fingerprint density at radius 2 is 2.09 bits per heavy atom. The van der Waals surface area contributed by atoms with Crippen LogP contribution in [0, 0.1) is 11.2 Å². The third-order valence-corrected chi connectivity index (χ3v) is 6.65. The minimum absolute atomic E-state index is 0.0366. The number of carbonyl (C=O) groups is 2. The number of fused-ring (bicyclic) bond motifs is 1. The van der Waals surface area contributed by atoms with Crippen LogP contribution in [-0.4, -0.2) is 48.0 Å². The van der Waals surface area contributed by atoms with Crippen molar-refractivity contribution in [2.75, 3.05) is 26.4 Å². The quantitative estimate of drug-likeness (QED) is 0.680. The lowest BCUT2D eigenvalue weighted by Gasteiger charge is -2.36. The fourth-order valence-corrected chi connectivity index (χ4v) is 4.77. The van der Waals surface area contributed by atoms with E-state index in [2.05, 4.69) is 10.4 Å². The SMILES string of the molecule is CCCOC(=O)c1ccc(F)c(-n2nc(CC)c3c2CC2(CCOCC2)CNC3=O)c1Cl. The minimum atomic E-state index is -0.624. The number of aryl methyl sites for hydroxylation is 1. The normalized spacial score (nSPS) is 17.6. The smallest absolute Gasteiger partial charge is 0.339 e. The average molecular weight is 464 g/mol. The van der Waals surface area contributed by atoms with Crippen LogP contribution in [0.15, 0.2) is 12.1 Å². The van der Waals surface area contributed by atoms with Gasteiger partial charge in [0, 0.05) is 19.8 Å². The third kappa shape index (κ3) is 4.01. The highest BCUT2D eigenvalue weighted by molar-refractivity contribution is 6.35. The molecule has 2 aliphatic rings. The molecule has 1 saturated heterocycles. The van der Waals surface area contributed by atoms with Crippen LogP contribution in [0.1, 0.15) is 65.2 Å². The molecule has 2 aliphatic heterocycles. The van der Waals surface area contributed by atoms with Crippen molar-refractivity contribution < 1.29 is 23.5 Å². The van der Waals surface area contributed by atoms with Gasteiger partial charge in [0.1, 0.15) is 11.5 Å². The van der Waals surface area contributed by atoms with E-state index in [-0.39, 0.29) is 34.2 Å². The van der Waals surface area contributed by atoms with Gasteiger partial charge in [-0.05, 0) is 49.7 Å². The second-order valence-corrected chi connectivity index (χ2v) is 8.78. The monoisotopic (exact) mass is 463 g/mol. The second-order valence-electron chi connectivity index (χ2n) is 8.40. The zero-order chi connectivity index (χ0) is 22.9. The van der Waals surface area contributed by atoms with Crippen LogP contribution in [0.3, 0.4) is 0 Å². The first-order valence-electron chi connectivity index (χ1n) is 11.0.